The molecule has 0 unspecified atom stereocenters. The van der Waals surface area contributed by atoms with Crippen LogP contribution in [0.5, 0.6) is 0 Å². The van der Waals surface area contributed by atoms with Gasteiger partial charge < -0.3 is 14.2 Å². The summed E-state index contributed by atoms with van der Waals surface area (Å²) in [7, 11) is 0. The molecule has 0 aliphatic heterocycles. The first-order valence-electron chi connectivity index (χ1n) is 8.83. The Bertz CT molecular complexity index is 1080. The molecule has 0 amide bonds. The number of rotatable bonds is 8. The van der Waals surface area contributed by atoms with Gasteiger partial charge in [0.1, 0.15) is 0 Å². The van der Waals surface area contributed by atoms with E-state index >= 15 is 0 Å². The lowest BCUT2D eigenvalue weighted by Crippen LogP contribution is -2.00. The molecule has 3 rings (SSSR count). The Hall–Kier alpha value is -3.12. The number of aromatic nitrogens is 3. The molecule has 28 heavy (non-hydrogen) atoms. The van der Waals surface area contributed by atoms with E-state index in [0.717, 1.165) is 16.5 Å². The van der Waals surface area contributed by atoms with Crippen LogP contribution in [0.2, 0.25) is 0 Å². The molecular weight excluding hydrogens is 378 g/mol. The molecule has 0 atom stereocenters. The second kappa shape index (κ2) is 8.71. The fraction of sp³-hybridized carbons (Fsp3) is 0.190. The van der Waals surface area contributed by atoms with Gasteiger partial charge in [-0.3, -0.25) is 4.79 Å². The first-order valence-corrected chi connectivity index (χ1v) is 9.21. The van der Waals surface area contributed by atoms with Crippen molar-refractivity contribution in [2.24, 2.45) is 0 Å². The number of carboxylic acid groups (broad SMARTS) is 1. The van der Waals surface area contributed by atoms with Crippen molar-refractivity contribution < 1.29 is 14.4 Å². The predicted molar refractivity (Wildman–Crippen MR) is 110 cm³/mol. The lowest BCUT2D eigenvalue weighted by Gasteiger charge is -2.05. The zero-order valence-corrected chi connectivity index (χ0v) is 16.2. The highest BCUT2D eigenvalue weighted by Crippen LogP contribution is 2.29. The van der Waals surface area contributed by atoms with Gasteiger partial charge in [-0.2, -0.15) is 4.98 Å². The molecular formula is C21H20ClN3O3. The molecule has 0 spiro atoms. The Morgan fingerprint density at radius 3 is 2.93 bits per heavy atom. The summed E-state index contributed by atoms with van der Waals surface area (Å²) in [4.78, 5) is 15.2. The van der Waals surface area contributed by atoms with Crippen LogP contribution in [0.1, 0.15) is 25.7 Å². The molecule has 0 fully saturated rings. The number of fused-ring (bicyclic) bond motifs is 1. The Kier molecular flexibility index (Phi) is 6.11. The number of hydrogen-bond acceptors (Lipinski definition) is 4. The van der Waals surface area contributed by atoms with Crippen LogP contribution >= 0.6 is 11.6 Å². The zero-order chi connectivity index (χ0) is 20.1. The van der Waals surface area contributed by atoms with Crippen molar-refractivity contribution in [2.75, 3.05) is 0 Å². The number of aryl methyl sites for hydroxylation is 1. The minimum Gasteiger partial charge on any atom is -0.481 e. The third-order valence-corrected chi connectivity index (χ3v) is 4.63. The fourth-order valence-electron chi connectivity index (χ4n) is 2.90. The van der Waals surface area contributed by atoms with Gasteiger partial charge in [0.25, 0.3) is 5.89 Å². The molecule has 0 radical (unpaired) electrons. The monoisotopic (exact) mass is 397 g/mol. The topological polar surface area (TPSA) is 81.2 Å². The van der Waals surface area contributed by atoms with Gasteiger partial charge in [0.15, 0.2) is 0 Å². The van der Waals surface area contributed by atoms with Crippen molar-refractivity contribution in [1.29, 1.82) is 0 Å². The molecule has 0 aliphatic carbocycles. The fourth-order valence-corrected chi connectivity index (χ4v) is 3.02. The van der Waals surface area contributed by atoms with Gasteiger partial charge in [-0.15, -0.1) is 0 Å². The summed E-state index contributed by atoms with van der Waals surface area (Å²) in [6.45, 7) is 6.23. The lowest BCUT2D eigenvalue weighted by atomic mass is 10.1. The molecule has 0 saturated heterocycles. The van der Waals surface area contributed by atoms with Crippen LogP contribution in [0.4, 0.5) is 0 Å². The van der Waals surface area contributed by atoms with Crippen molar-refractivity contribution in [3.05, 3.63) is 66.2 Å². The summed E-state index contributed by atoms with van der Waals surface area (Å²) in [6, 6.07) is 7.81. The summed E-state index contributed by atoms with van der Waals surface area (Å²) in [5, 5.41) is 14.5. The lowest BCUT2D eigenvalue weighted by molar-refractivity contribution is -0.137. The molecule has 7 heteroatoms. The first-order chi connectivity index (χ1) is 13.5. The van der Waals surface area contributed by atoms with Gasteiger partial charge in [-0.1, -0.05) is 47.6 Å². The molecule has 0 bridgehead atoms. The predicted octanol–water partition coefficient (Wildman–Crippen LogP) is 5.27. The van der Waals surface area contributed by atoms with E-state index in [1.54, 1.807) is 18.2 Å². The van der Waals surface area contributed by atoms with E-state index in [1.807, 2.05) is 42.0 Å². The summed E-state index contributed by atoms with van der Waals surface area (Å²) < 4.78 is 7.44. The van der Waals surface area contributed by atoms with Gasteiger partial charge in [0.2, 0.25) is 5.82 Å². The first kappa shape index (κ1) is 19.6. The van der Waals surface area contributed by atoms with Gasteiger partial charge in [0.05, 0.1) is 0 Å². The SMILES string of the molecule is C=C/C(=C\C(Cl)=CC)c1nc(-c2cccc3c2ccn3CCCC(=O)O)no1. The second-order valence-corrected chi connectivity index (χ2v) is 6.58. The number of carboxylic acids is 1. The highest BCUT2D eigenvalue weighted by atomic mass is 35.5. The molecule has 6 nitrogen and oxygen atoms in total. The van der Waals surface area contributed by atoms with Crippen molar-refractivity contribution >= 4 is 34.0 Å². The van der Waals surface area contributed by atoms with Crippen LogP contribution in [0.3, 0.4) is 0 Å². The van der Waals surface area contributed by atoms with Crippen LogP contribution < -0.4 is 0 Å². The molecule has 0 saturated carbocycles. The number of nitrogens with zero attached hydrogens (tertiary/aromatic N) is 3. The number of benzene rings is 1. The highest BCUT2D eigenvalue weighted by Gasteiger charge is 2.15. The number of aliphatic carboxylic acids is 1. The van der Waals surface area contributed by atoms with Gasteiger partial charge in [-0.25, -0.2) is 0 Å². The van der Waals surface area contributed by atoms with Crippen LogP contribution in [0.15, 0.2) is 64.8 Å². The average molecular weight is 398 g/mol. The number of allylic oxidation sites excluding steroid dienone is 5. The number of hydrogen-bond donors (Lipinski definition) is 1. The van der Waals surface area contributed by atoms with E-state index in [0.29, 0.717) is 35.3 Å². The Morgan fingerprint density at radius 2 is 2.21 bits per heavy atom. The van der Waals surface area contributed by atoms with Crippen LogP contribution in [0.25, 0.3) is 27.9 Å². The largest absolute Gasteiger partial charge is 0.481 e. The summed E-state index contributed by atoms with van der Waals surface area (Å²) >= 11 is 6.06. The summed E-state index contributed by atoms with van der Waals surface area (Å²) in [5.74, 6) is 0.0108. The third-order valence-electron chi connectivity index (χ3n) is 4.31. The van der Waals surface area contributed by atoms with Crippen LogP contribution in [-0.2, 0) is 11.3 Å². The normalized spacial score (nSPS) is 12.5. The third kappa shape index (κ3) is 4.23. The van der Waals surface area contributed by atoms with Gasteiger partial charge in [-0.05, 0) is 31.6 Å². The molecule has 0 aliphatic rings. The minimum atomic E-state index is -0.791. The van der Waals surface area contributed by atoms with Crippen molar-refractivity contribution in [1.82, 2.24) is 14.7 Å². The maximum absolute atomic E-state index is 10.7. The quantitative estimate of drug-likeness (QED) is 0.524. The summed E-state index contributed by atoms with van der Waals surface area (Å²) in [5.41, 5.74) is 2.47. The average Bonchev–Trinajstić information content (AvgIpc) is 3.33. The summed E-state index contributed by atoms with van der Waals surface area (Å²) in [6.07, 6.45) is 7.73. The molecule has 1 aromatic carbocycles. The van der Waals surface area contributed by atoms with Crippen molar-refractivity contribution in [3.63, 3.8) is 0 Å². The Labute approximate surface area is 167 Å². The van der Waals surface area contributed by atoms with E-state index < -0.39 is 5.97 Å². The van der Waals surface area contributed by atoms with Gasteiger partial charge >= 0.3 is 5.97 Å². The van der Waals surface area contributed by atoms with Crippen molar-refractivity contribution in [3.8, 4) is 11.4 Å². The van der Waals surface area contributed by atoms with Crippen molar-refractivity contribution in [2.45, 2.75) is 26.3 Å². The molecule has 2 aromatic heterocycles. The highest BCUT2D eigenvalue weighted by molar-refractivity contribution is 6.31. The zero-order valence-electron chi connectivity index (χ0n) is 15.4. The van der Waals surface area contributed by atoms with E-state index in [4.69, 9.17) is 21.2 Å². The Morgan fingerprint density at radius 1 is 1.39 bits per heavy atom. The van der Waals surface area contributed by atoms with Crippen LogP contribution in [-0.4, -0.2) is 25.8 Å². The van der Waals surface area contributed by atoms with Crippen LogP contribution in [0, 0.1) is 0 Å². The molecule has 3 aromatic rings. The standard InChI is InChI=1S/C21H20ClN3O3/c1-3-14(13-15(22)4-2)21-23-20(24-28-21)17-7-5-8-18-16(17)10-12-25(18)11-6-9-19(26)27/h3-5,7-8,10,12-13H,1,6,9,11H2,2H3,(H,26,27)/b14-13+,15-4?. The molecule has 1 N–H and O–H groups in total. The second-order valence-electron chi connectivity index (χ2n) is 6.15. The van der Waals surface area contributed by atoms with Gasteiger partial charge in [0, 0.05) is 46.2 Å². The van der Waals surface area contributed by atoms with E-state index in [9.17, 15) is 4.79 Å². The minimum absolute atomic E-state index is 0.138. The maximum atomic E-state index is 10.7. The number of halogens is 1. The molecule has 2 heterocycles. The van der Waals surface area contributed by atoms with E-state index in [-0.39, 0.29) is 6.42 Å². The Balaban J connectivity index is 1.93. The number of carbonyl (C=O) groups is 1. The van der Waals surface area contributed by atoms with E-state index in [1.165, 1.54) is 0 Å². The smallest absolute Gasteiger partial charge is 0.303 e. The molecule has 144 valence electrons. The maximum Gasteiger partial charge on any atom is 0.303 e. The van der Waals surface area contributed by atoms with E-state index in [2.05, 4.69) is 16.7 Å².